The van der Waals surface area contributed by atoms with Gasteiger partial charge in [0.1, 0.15) is 0 Å². The van der Waals surface area contributed by atoms with Crippen molar-refractivity contribution >= 4 is 23.1 Å². The number of hydrogen-bond donors (Lipinski definition) is 1. The van der Waals surface area contributed by atoms with Crippen molar-refractivity contribution in [2.45, 2.75) is 6.54 Å². The number of ketones is 1. The zero-order chi connectivity index (χ0) is 16.1. The number of halogens is 1. The van der Waals surface area contributed by atoms with Gasteiger partial charge in [0.15, 0.2) is 5.78 Å². The van der Waals surface area contributed by atoms with Gasteiger partial charge >= 0.3 is 0 Å². The van der Waals surface area contributed by atoms with Crippen LogP contribution >= 0.6 is 11.6 Å². The summed E-state index contributed by atoms with van der Waals surface area (Å²) in [5.41, 5.74) is 3.14. The zero-order valence-electron chi connectivity index (χ0n) is 12.5. The van der Waals surface area contributed by atoms with Gasteiger partial charge in [0.05, 0.1) is 0 Å². The summed E-state index contributed by atoms with van der Waals surface area (Å²) in [6, 6.07) is 24.5. The molecule has 0 aliphatic rings. The number of anilines is 1. The van der Waals surface area contributed by atoms with E-state index in [4.69, 9.17) is 11.6 Å². The fourth-order valence-electron chi connectivity index (χ4n) is 2.41. The highest BCUT2D eigenvalue weighted by Crippen LogP contribution is 2.22. The van der Waals surface area contributed by atoms with E-state index in [1.165, 1.54) is 0 Å². The lowest BCUT2D eigenvalue weighted by atomic mass is 10.0. The van der Waals surface area contributed by atoms with Crippen LogP contribution in [0.5, 0.6) is 0 Å². The largest absolute Gasteiger partial charge is 0.380 e. The number of carbonyl (C=O) groups excluding carboxylic acids is 1. The highest BCUT2D eigenvalue weighted by Gasteiger charge is 2.13. The molecule has 0 saturated heterocycles. The molecule has 3 rings (SSSR count). The minimum Gasteiger partial charge on any atom is -0.380 e. The van der Waals surface area contributed by atoms with E-state index in [0.717, 1.165) is 11.3 Å². The second kappa shape index (κ2) is 7.12. The van der Waals surface area contributed by atoms with E-state index in [2.05, 4.69) is 5.32 Å². The van der Waals surface area contributed by atoms with Crippen LogP contribution in [0.3, 0.4) is 0 Å². The van der Waals surface area contributed by atoms with Gasteiger partial charge in [-0.2, -0.15) is 0 Å². The summed E-state index contributed by atoms with van der Waals surface area (Å²) in [5, 5.41) is 4.03. The van der Waals surface area contributed by atoms with Gasteiger partial charge in [-0.25, -0.2) is 0 Å². The van der Waals surface area contributed by atoms with E-state index < -0.39 is 0 Å². The highest BCUT2D eigenvalue weighted by atomic mass is 35.5. The summed E-state index contributed by atoms with van der Waals surface area (Å²) in [5.74, 6) is 0.00728. The number of carbonyl (C=O) groups is 1. The van der Waals surface area contributed by atoms with Crippen LogP contribution < -0.4 is 5.32 Å². The Kier molecular flexibility index (Phi) is 4.74. The smallest absolute Gasteiger partial charge is 0.195 e. The van der Waals surface area contributed by atoms with Gasteiger partial charge in [-0.15, -0.1) is 0 Å². The monoisotopic (exact) mass is 321 g/mol. The molecule has 0 heterocycles. The third-order valence-corrected chi connectivity index (χ3v) is 4.00. The van der Waals surface area contributed by atoms with Crippen LogP contribution in [-0.4, -0.2) is 5.78 Å². The molecule has 0 aliphatic heterocycles. The first-order chi connectivity index (χ1) is 11.3. The Morgan fingerprint density at radius 3 is 2.26 bits per heavy atom. The maximum absolute atomic E-state index is 12.7. The van der Waals surface area contributed by atoms with Crippen LogP contribution in [0.2, 0.25) is 5.02 Å². The van der Waals surface area contributed by atoms with Gasteiger partial charge in [-0.05, 0) is 23.8 Å². The van der Waals surface area contributed by atoms with Crippen LogP contribution in [0, 0.1) is 0 Å². The third-order valence-electron chi connectivity index (χ3n) is 3.63. The molecule has 2 nitrogen and oxygen atoms in total. The third kappa shape index (κ3) is 3.61. The molecule has 114 valence electrons. The Bertz CT molecular complexity index is 815. The molecule has 0 aromatic heterocycles. The maximum Gasteiger partial charge on any atom is 0.195 e. The molecule has 0 bridgehead atoms. The Morgan fingerprint density at radius 1 is 0.826 bits per heavy atom. The molecule has 3 heteroatoms. The van der Waals surface area contributed by atoms with Crippen molar-refractivity contribution in [3.63, 3.8) is 0 Å². The second-order valence-electron chi connectivity index (χ2n) is 5.19. The van der Waals surface area contributed by atoms with Gasteiger partial charge in [-0.1, -0.05) is 72.3 Å². The average molecular weight is 322 g/mol. The topological polar surface area (TPSA) is 29.1 Å². The molecule has 23 heavy (non-hydrogen) atoms. The Labute approximate surface area is 140 Å². The summed E-state index contributed by atoms with van der Waals surface area (Å²) in [6.45, 7) is 0.568. The van der Waals surface area contributed by atoms with Crippen molar-refractivity contribution in [3.8, 4) is 0 Å². The van der Waals surface area contributed by atoms with Gasteiger partial charge in [0.2, 0.25) is 0 Å². The van der Waals surface area contributed by atoms with E-state index in [0.29, 0.717) is 22.7 Å². The molecule has 0 aliphatic carbocycles. The van der Waals surface area contributed by atoms with Gasteiger partial charge in [0, 0.05) is 28.4 Å². The van der Waals surface area contributed by atoms with Crippen molar-refractivity contribution < 1.29 is 4.79 Å². The van der Waals surface area contributed by atoms with Crippen molar-refractivity contribution in [1.82, 2.24) is 0 Å². The van der Waals surface area contributed by atoms with Crippen LogP contribution in [-0.2, 0) is 6.54 Å². The van der Waals surface area contributed by atoms with Crippen molar-refractivity contribution in [2.75, 3.05) is 5.32 Å². The summed E-state index contributed by atoms with van der Waals surface area (Å²) in [7, 11) is 0. The Balaban J connectivity index is 1.84. The van der Waals surface area contributed by atoms with E-state index in [1.54, 1.807) is 0 Å². The molecule has 0 radical (unpaired) electrons. The quantitative estimate of drug-likeness (QED) is 0.656. The van der Waals surface area contributed by atoms with Crippen molar-refractivity contribution in [3.05, 3.63) is 101 Å². The van der Waals surface area contributed by atoms with Crippen LogP contribution in [0.4, 0.5) is 5.69 Å². The van der Waals surface area contributed by atoms with Crippen LogP contribution in [0.1, 0.15) is 21.5 Å². The standard InChI is InChI=1S/C20H16ClNO/c21-18-12-6-4-10-16(18)14-22-19-13-7-5-11-17(19)20(23)15-8-2-1-3-9-15/h1-13,22H,14H2. The first kappa shape index (κ1) is 15.3. The molecule has 3 aromatic carbocycles. The molecule has 0 fully saturated rings. The predicted octanol–water partition coefficient (Wildman–Crippen LogP) is 5.18. The first-order valence-corrected chi connectivity index (χ1v) is 7.79. The Morgan fingerprint density at radius 2 is 1.48 bits per heavy atom. The number of hydrogen-bond acceptors (Lipinski definition) is 2. The molecule has 3 aromatic rings. The van der Waals surface area contributed by atoms with E-state index in [-0.39, 0.29) is 5.78 Å². The highest BCUT2D eigenvalue weighted by molar-refractivity contribution is 6.31. The molecular formula is C20H16ClNO. The van der Waals surface area contributed by atoms with Crippen molar-refractivity contribution in [1.29, 1.82) is 0 Å². The number of para-hydroxylation sites is 1. The summed E-state index contributed by atoms with van der Waals surface area (Å²) >= 11 is 6.18. The molecular weight excluding hydrogens is 306 g/mol. The second-order valence-corrected chi connectivity index (χ2v) is 5.59. The summed E-state index contributed by atoms with van der Waals surface area (Å²) in [6.07, 6.45) is 0. The minimum absolute atomic E-state index is 0.00728. The summed E-state index contributed by atoms with van der Waals surface area (Å²) in [4.78, 5) is 12.7. The fraction of sp³-hybridized carbons (Fsp3) is 0.0500. The number of benzene rings is 3. The van der Waals surface area contributed by atoms with E-state index >= 15 is 0 Å². The SMILES string of the molecule is O=C(c1ccccc1)c1ccccc1NCc1ccccc1Cl. The van der Waals surface area contributed by atoms with Crippen molar-refractivity contribution in [2.24, 2.45) is 0 Å². The summed E-state index contributed by atoms with van der Waals surface area (Å²) < 4.78 is 0. The lowest BCUT2D eigenvalue weighted by Gasteiger charge is -2.12. The molecule has 0 spiro atoms. The molecule has 0 amide bonds. The molecule has 0 saturated carbocycles. The first-order valence-electron chi connectivity index (χ1n) is 7.42. The fourth-order valence-corrected chi connectivity index (χ4v) is 2.62. The molecule has 0 unspecified atom stereocenters. The maximum atomic E-state index is 12.7. The molecule has 0 atom stereocenters. The normalized spacial score (nSPS) is 10.3. The average Bonchev–Trinajstić information content (AvgIpc) is 2.61. The molecule has 1 N–H and O–H groups in total. The lowest BCUT2D eigenvalue weighted by Crippen LogP contribution is -2.08. The minimum atomic E-state index is 0.00728. The van der Waals surface area contributed by atoms with E-state index in [1.807, 2.05) is 78.9 Å². The number of rotatable bonds is 5. The van der Waals surface area contributed by atoms with Crippen LogP contribution in [0.15, 0.2) is 78.9 Å². The Hall–Kier alpha value is -2.58. The van der Waals surface area contributed by atoms with Gasteiger partial charge in [0.25, 0.3) is 0 Å². The zero-order valence-corrected chi connectivity index (χ0v) is 13.3. The van der Waals surface area contributed by atoms with Crippen LogP contribution in [0.25, 0.3) is 0 Å². The lowest BCUT2D eigenvalue weighted by molar-refractivity contribution is 0.103. The predicted molar refractivity (Wildman–Crippen MR) is 95.1 cm³/mol. The van der Waals surface area contributed by atoms with Gasteiger partial charge < -0.3 is 5.32 Å². The number of nitrogens with one attached hydrogen (secondary N) is 1. The van der Waals surface area contributed by atoms with E-state index in [9.17, 15) is 4.79 Å². The van der Waals surface area contributed by atoms with Gasteiger partial charge in [-0.3, -0.25) is 4.79 Å².